The van der Waals surface area contributed by atoms with Crippen LogP contribution in [0, 0.1) is 0 Å². The first-order chi connectivity index (χ1) is 6.79. The Balaban J connectivity index is 2.22. The first-order valence-corrected chi connectivity index (χ1v) is 5.26. The summed E-state index contributed by atoms with van der Waals surface area (Å²) in [6, 6.07) is 11.2. The molecule has 0 radical (unpaired) electrons. The third-order valence-corrected chi connectivity index (χ3v) is 2.91. The maximum absolute atomic E-state index is 4.07. The zero-order valence-electron chi connectivity index (χ0n) is 8.74. The Morgan fingerprint density at radius 2 is 2.07 bits per heavy atom. The Kier molecular flexibility index (Phi) is 2.58. The van der Waals surface area contributed by atoms with Gasteiger partial charge in [0.25, 0.3) is 0 Å². The Bertz CT molecular complexity index is 315. The van der Waals surface area contributed by atoms with Crippen LogP contribution in [0.3, 0.4) is 0 Å². The highest BCUT2D eigenvalue weighted by Crippen LogP contribution is 2.28. The summed E-state index contributed by atoms with van der Waals surface area (Å²) in [5.74, 6) is 0. The summed E-state index contributed by atoms with van der Waals surface area (Å²) in [5.41, 5.74) is 2.62. The second-order valence-electron chi connectivity index (χ2n) is 4.03. The standard InChI is InChI=1S/C13H17N/c1-11(2)13-9-6-10-14(13)12-7-4-3-5-8-12/h3-5,7-8,13H,1,6,9-10H2,2H3. The summed E-state index contributed by atoms with van der Waals surface area (Å²) in [6.07, 6.45) is 2.54. The fraction of sp³-hybridized carbons (Fsp3) is 0.385. The second kappa shape index (κ2) is 3.87. The predicted molar refractivity (Wildman–Crippen MR) is 61.6 cm³/mol. The molecule has 2 rings (SSSR count). The monoisotopic (exact) mass is 187 g/mol. The van der Waals surface area contributed by atoms with Crippen LogP contribution in [0.25, 0.3) is 0 Å². The van der Waals surface area contributed by atoms with E-state index < -0.39 is 0 Å². The number of nitrogens with zero attached hydrogens (tertiary/aromatic N) is 1. The van der Waals surface area contributed by atoms with E-state index in [1.54, 1.807) is 0 Å². The van der Waals surface area contributed by atoms with Crippen molar-refractivity contribution < 1.29 is 0 Å². The molecule has 1 nitrogen and oxygen atoms in total. The van der Waals surface area contributed by atoms with Crippen LogP contribution in [0.15, 0.2) is 42.5 Å². The van der Waals surface area contributed by atoms with Crippen LogP contribution in [0.1, 0.15) is 19.8 Å². The van der Waals surface area contributed by atoms with Crippen LogP contribution in [0.5, 0.6) is 0 Å². The number of hydrogen-bond donors (Lipinski definition) is 0. The molecule has 1 unspecified atom stereocenters. The van der Waals surface area contributed by atoms with Crippen molar-refractivity contribution in [2.75, 3.05) is 11.4 Å². The molecule has 0 amide bonds. The van der Waals surface area contributed by atoms with E-state index in [2.05, 4.69) is 48.7 Å². The lowest BCUT2D eigenvalue weighted by Crippen LogP contribution is -2.29. The largest absolute Gasteiger partial charge is 0.365 e. The van der Waals surface area contributed by atoms with Crippen molar-refractivity contribution in [2.24, 2.45) is 0 Å². The maximum Gasteiger partial charge on any atom is 0.0497 e. The summed E-state index contributed by atoms with van der Waals surface area (Å²) in [4.78, 5) is 2.46. The molecule has 0 saturated carbocycles. The summed E-state index contributed by atoms with van der Waals surface area (Å²) < 4.78 is 0. The normalized spacial score (nSPS) is 21.2. The predicted octanol–water partition coefficient (Wildman–Crippen LogP) is 3.23. The SMILES string of the molecule is C=C(C)C1CCCN1c1ccccc1. The zero-order chi connectivity index (χ0) is 9.97. The van der Waals surface area contributed by atoms with Gasteiger partial charge in [-0.15, -0.1) is 0 Å². The molecule has 0 spiro atoms. The van der Waals surface area contributed by atoms with Crippen molar-refractivity contribution >= 4 is 5.69 Å². The topological polar surface area (TPSA) is 3.24 Å². The van der Waals surface area contributed by atoms with Gasteiger partial charge in [-0.2, -0.15) is 0 Å². The summed E-state index contributed by atoms with van der Waals surface area (Å²) in [6.45, 7) is 7.37. The van der Waals surface area contributed by atoms with E-state index in [0.29, 0.717) is 6.04 Å². The minimum atomic E-state index is 0.553. The van der Waals surface area contributed by atoms with Crippen LogP contribution in [0.2, 0.25) is 0 Å². The van der Waals surface area contributed by atoms with Gasteiger partial charge in [0.15, 0.2) is 0 Å². The molecule has 14 heavy (non-hydrogen) atoms. The van der Waals surface area contributed by atoms with Crippen LogP contribution < -0.4 is 4.90 Å². The molecular formula is C13H17N. The molecule has 0 aromatic heterocycles. The number of anilines is 1. The Labute approximate surface area is 86.1 Å². The lowest BCUT2D eigenvalue weighted by Gasteiger charge is -2.27. The highest BCUT2D eigenvalue weighted by molar-refractivity contribution is 5.49. The molecule has 1 fully saturated rings. The van der Waals surface area contributed by atoms with Gasteiger partial charge in [0, 0.05) is 18.3 Å². The average molecular weight is 187 g/mol. The fourth-order valence-electron chi connectivity index (χ4n) is 2.21. The minimum absolute atomic E-state index is 0.553. The lowest BCUT2D eigenvalue weighted by molar-refractivity contribution is 0.763. The molecule has 1 atom stereocenters. The van der Waals surface area contributed by atoms with Crippen molar-refractivity contribution in [3.05, 3.63) is 42.5 Å². The third-order valence-electron chi connectivity index (χ3n) is 2.91. The molecule has 1 aliphatic heterocycles. The number of rotatable bonds is 2. The zero-order valence-corrected chi connectivity index (χ0v) is 8.74. The lowest BCUT2D eigenvalue weighted by atomic mass is 10.1. The van der Waals surface area contributed by atoms with Gasteiger partial charge in [-0.25, -0.2) is 0 Å². The van der Waals surface area contributed by atoms with Gasteiger partial charge in [0.1, 0.15) is 0 Å². The quantitative estimate of drug-likeness (QED) is 0.642. The molecular weight excluding hydrogens is 170 g/mol. The van der Waals surface area contributed by atoms with Crippen molar-refractivity contribution in [2.45, 2.75) is 25.8 Å². The summed E-state index contributed by atoms with van der Waals surface area (Å²) in [5, 5.41) is 0. The third kappa shape index (κ3) is 1.67. The molecule has 1 saturated heterocycles. The fourth-order valence-corrected chi connectivity index (χ4v) is 2.21. The van der Waals surface area contributed by atoms with Crippen LogP contribution in [-0.2, 0) is 0 Å². The number of benzene rings is 1. The molecule has 1 heterocycles. The Hall–Kier alpha value is -1.24. The van der Waals surface area contributed by atoms with Crippen molar-refractivity contribution in [1.82, 2.24) is 0 Å². The molecule has 0 N–H and O–H groups in total. The van der Waals surface area contributed by atoms with E-state index in [1.165, 1.54) is 30.6 Å². The van der Waals surface area contributed by atoms with Crippen LogP contribution in [-0.4, -0.2) is 12.6 Å². The van der Waals surface area contributed by atoms with Gasteiger partial charge in [-0.1, -0.05) is 30.4 Å². The van der Waals surface area contributed by atoms with Gasteiger partial charge < -0.3 is 4.90 Å². The minimum Gasteiger partial charge on any atom is -0.365 e. The first kappa shape index (κ1) is 9.32. The van der Waals surface area contributed by atoms with E-state index in [9.17, 15) is 0 Å². The smallest absolute Gasteiger partial charge is 0.0497 e. The first-order valence-electron chi connectivity index (χ1n) is 5.26. The van der Waals surface area contributed by atoms with Gasteiger partial charge in [-0.05, 0) is 31.9 Å². The van der Waals surface area contributed by atoms with Crippen molar-refractivity contribution in [3.8, 4) is 0 Å². The van der Waals surface area contributed by atoms with Crippen LogP contribution in [0.4, 0.5) is 5.69 Å². The molecule has 1 aromatic rings. The molecule has 0 aliphatic carbocycles. The molecule has 0 bridgehead atoms. The molecule has 1 aliphatic rings. The Morgan fingerprint density at radius 3 is 2.71 bits per heavy atom. The summed E-state index contributed by atoms with van der Waals surface area (Å²) >= 11 is 0. The van der Waals surface area contributed by atoms with Crippen molar-refractivity contribution in [1.29, 1.82) is 0 Å². The van der Waals surface area contributed by atoms with Crippen molar-refractivity contribution in [3.63, 3.8) is 0 Å². The highest BCUT2D eigenvalue weighted by atomic mass is 15.2. The van der Waals surface area contributed by atoms with E-state index >= 15 is 0 Å². The van der Waals surface area contributed by atoms with Crippen LogP contribution >= 0.6 is 0 Å². The second-order valence-corrected chi connectivity index (χ2v) is 4.03. The Morgan fingerprint density at radius 1 is 1.36 bits per heavy atom. The van der Waals surface area contributed by atoms with E-state index in [-0.39, 0.29) is 0 Å². The van der Waals surface area contributed by atoms with Gasteiger partial charge in [-0.3, -0.25) is 0 Å². The van der Waals surface area contributed by atoms with Gasteiger partial charge >= 0.3 is 0 Å². The molecule has 1 aromatic carbocycles. The van der Waals surface area contributed by atoms with Gasteiger partial charge in [0.05, 0.1) is 0 Å². The average Bonchev–Trinajstić information content (AvgIpc) is 2.67. The van der Waals surface area contributed by atoms with E-state index in [4.69, 9.17) is 0 Å². The molecule has 1 heteroatoms. The number of para-hydroxylation sites is 1. The summed E-state index contributed by atoms with van der Waals surface area (Å²) in [7, 11) is 0. The molecule has 74 valence electrons. The van der Waals surface area contributed by atoms with Gasteiger partial charge in [0.2, 0.25) is 0 Å². The number of hydrogen-bond acceptors (Lipinski definition) is 1. The van der Waals surface area contributed by atoms with E-state index in [0.717, 1.165) is 0 Å². The maximum atomic E-state index is 4.07. The van der Waals surface area contributed by atoms with E-state index in [1.807, 2.05) is 0 Å². The highest BCUT2D eigenvalue weighted by Gasteiger charge is 2.24.